The van der Waals surface area contributed by atoms with Gasteiger partial charge in [-0.1, -0.05) is 0 Å². The molecule has 2 saturated heterocycles. The Kier molecular flexibility index (Phi) is 6.31. The van der Waals surface area contributed by atoms with Gasteiger partial charge in [0.25, 0.3) is 0 Å². The first-order valence-corrected chi connectivity index (χ1v) is 13.1. The maximum atomic E-state index is 15.0. The summed E-state index contributed by atoms with van der Waals surface area (Å²) in [5, 5.41) is 3.05. The van der Waals surface area contributed by atoms with Crippen LogP contribution in [-0.4, -0.2) is 67.5 Å². The molecule has 0 bridgehead atoms. The number of pyridine rings is 1. The Bertz CT molecular complexity index is 1470. The first-order valence-electron chi connectivity index (χ1n) is 13.1. The number of anilines is 2. The van der Waals surface area contributed by atoms with Crippen molar-refractivity contribution in [1.29, 1.82) is 0 Å². The summed E-state index contributed by atoms with van der Waals surface area (Å²) in [6.07, 6.45) is 4.76. The SMILES string of the molecule is Cc1nc2c(F)cc(-c3cc(Nc4ncc(CN5CC6CN(C)CC6C5)cn4)ncc3F)cc2n1C(C)C. The number of nitrogens with zero attached hydrogens (tertiary/aromatic N) is 7. The van der Waals surface area contributed by atoms with Gasteiger partial charge in [0.05, 0.1) is 11.7 Å². The number of imidazole rings is 1. The van der Waals surface area contributed by atoms with E-state index >= 15 is 0 Å². The highest BCUT2D eigenvalue weighted by atomic mass is 19.1. The van der Waals surface area contributed by atoms with Gasteiger partial charge in [-0.15, -0.1) is 0 Å². The van der Waals surface area contributed by atoms with Crippen LogP contribution in [0.3, 0.4) is 0 Å². The van der Waals surface area contributed by atoms with Crippen molar-refractivity contribution in [1.82, 2.24) is 34.3 Å². The van der Waals surface area contributed by atoms with Crippen LogP contribution in [0.5, 0.6) is 0 Å². The first kappa shape index (κ1) is 24.8. The monoisotopic (exact) mass is 518 g/mol. The molecule has 10 heteroatoms. The molecule has 0 aliphatic carbocycles. The largest absolute Gasteiger partial charge is 0.326 e. The third-order valence-electron chi connectivity index (χ3n) is 7.70. The third-order valence-corrected chi connectivity index (χ3v) is 7.70. The second-order valence-electron chi connectivity index (χ2n) is 11.0. The zero-order chi connectivity index (χ0) is 26.6. The molecule has 2 aliphatic heterocycles. The number of aryl methyl sites for hydroxylation is 1. The predicted octanol–water partition coefficient (Wildman–Crippen LogP) is 4.79. The van der Waals surface area contributed by atoms with Crippen LogP contribution in [-0.2, 0) is 6.54 Å². The van der Waals surface area contributed by atoms with Crippen molar-refractivity contribution in [3.05, 3.63) is 59.8 Å². The molecule has 0 amide bonds. The number of hydrogen-bond donors (Lipinski definition) is 1. The van der Waals surface area contributed by atoms with Crippen molar-refractivity contribution in [2.45, 2.75) is 33.4 Å². The fourth-order valence-corrected chi connectivity index (χ4v) is 6.13. The highest BCUT2D eigenvalue weighted by molar-refractivity contribution is 5.84. The number of hydrogen-bond acceptors (Lipinski definition) is 7. The molecular weight excluding hydrogens is 486 g/mol. The van der Waals surface area contributed by atoms with Crippen LogP contribution >= 0.6 is 0 Å². The Balaban J connectivity index is 1.20. The molecule has 1 aromatic carbocycles. The second kappa shape index (κ2) is 9.67. The molecule has 0 spiro atoms. The molecule has 198 valence electrons. The summed E-state index contributed by atoms with van der Waals surface area (Å²) in [5.74, 6) is 1.94. The number of aromatic nitrogens is 5. The lowest BCUT2D eigenvalue weighted by molar-refractivity contribution is 0.271. The van der Waals surface area contributed by atoms with E-state index in [-0.39, 0.29) is 17.1 Å². The molecular formula is C28H32F2N8. The smallest absolute Gasteiger partial charge is 0.228 e. The molecule has 4 aromatic rings. The van der Waals surface area contributed by atoms with Gasteiger partial charge < -0.3 is 14.8 Å². The van der Waals surface area contributed by atoms with E-state index in [1.807, 2.05) is 37.7 Å². The van der Waals surface area contributed by atoms with E-state index in [2.05, 4.69) is 42.1 Å². The fourth-order valence-electron chi connectivity index (χ4n) is 6.13. The predicted molar refractivity (Wildman–Crippen MR) is 143 cm³/mol. The lowest BCUT2D eigenvalue weighted by Crippen LogP contribution is -2.26. The lowest BCUT2D eigenvalue weighted by atomic mass is 10.0. The molecule has 6 rings (SSSR count). The summed E-state index contributed by atoms with van der Waals surface area (Å²) < 4.78 is 31.8. The van der Waals surface area contributed by atoms with E-state index in [4.69, 9.17) is 0 Å². The highest BCUT2D eigenvalue weighted by Gasteiger charge is 2.38. The molecule has 5 heterocycles. The standard InChI is InChI=1S/C28H32F2N8/c1-16(2)38-17(3)34-27-23(29)5-19(6-25(27)38)22-7-26(31-10-24(22)30)35-28-32-8-18(9-33-28)11-37-14-20-12-36(4)13-21(20)15-37/h5-10,16,20-21H,11-15H2,1-4H3,(H,31,32,33,35). The van der Waals surface area contributed by atoms with Gasteiger partial charge in [-0.2, -0.15) is 0 Å². The first-order chi connectivity index (χ1) is 18.2. The van der Waals surface area contributed by atoms with Crippen LogP contribution in [0.4, 0.5) is 20.5 Å². The van der Waals surface area contributed by atoms with E-state index in [0.717, 1.165) is 43.2 Å². The quantitative estimate of drug-likeness (QED) is 0.393. The number of rotatable bonds is 6. The highest BCUT2D eigenvalue weighted by Crippen LogP contribution is 2.33. The summed E-state index contributed by atoms with van der Waals surface area (Å²) in [7, 11) is 2.20. The van der Waals surface area contributed by atoms with Crippen molar-refractivity contribution in [3.8, 4) is 11.1 Å². The van der Waals surface area contributed by atoms with Crippen LogP contribution < -0.4 is 5.32 Å². The van der Waals surface area contributed by atoms with Gasteiger partial charge in [0.1, 0.15) is 23.0 Å². The molecule has 0 radical (unpaired) electrons. The summed E-state index contributed by atoms with van der Waals surface area (Å²) in [6.45, 7) is 11.3. The number of fused-ring (bicyclic) bond motifs is 2. The summed E-state index contributed by atoms with van der Waals surface area (Å²) in [6, 6.07) is 4.73. The maximum Gasteiger partial charge on any atom is 0.228 e. The van der Waals surface area contributed by atoms with Crippen LogP contribution in [0.1, 0.15) is 31.3 Å². The average molecular weight is 519 g/mol. The van der Waals surface area contributed by atoms with E-state index in [0.29, 0.717) is 28.7 Å². The van der Waals surface area contributed by atoms with E-state index < -0.39 is 11.6 Å². The lowest BCUT2D eigenvalue weighted by Gasteiger charge is -2.18. The number of halogens is 2. The third kappa shape index (κ3) is 4.63. The fraction of sp³-hybridized carbons (Fsp3) is 0.429. The minimum Gasteiger partial charge on any atom is -0.326 e. The Hall–Kier alpha value is -3.50. The maximum absolute atomic E-state index is 15.0. The van der Waals surface area contributed by atoms with Crippen LogP contribution in [0.15, 0.2) is 36.8 Å². The van der Waals surface area contributed by atoms with Crippen molar-refractivity contribution < 1.29 is 8.78 Å². The summed E-state index contributed by atoms with van der Waals surface area (Å²) in [4.78, 5) is 22.3. The molecule has 2 aliphatic rings. The van der Waals surface area contributed by atoms with Crippen LogP contribution in [0.2, 0.25) is 0 Å². The van der Waals surface area contributed by atoms with Crippen molar-refractivity contribution in [2.24, 2.45) is 11.8 Å². The number of nitrogens with one attached hydrogen (secondary N) is 1. The van der Waals surface area contributed by atoms with Gasteiger partial charge >= 0.3 is 0 Å². The molecule has 8 nitrogen and oxygen atoms in total. The van der Waals surface area contributed by atoms with Crippen LogP contribution in [0, 0.1) is 30.4 Å². The van der Waals surface area contributed by atoms with Crippen molar-refractivity contribution in [3.63, 3.8) is 0 Å². The Morgan fingerprint density at radius 2 is 1.66 bits per heavy atom. The molecule has 1 N–H and O–H groups in total. The second-order valence-corrected chi connectivity index (χ2v) is 11.0. The van der Waals surface area contributed by atoms with Gasteiger partial charge in [0.2, 0.25) is 5.95 Å². The summed E-state index contributed by atoms with van der Waals surface area (Å²) >= 11 is 0. The normalized spacial score (nSPS) is 20.1. The Morgan fingerprint density at radius 1 is 0.947 bits per heavy atom. The molecule has 2 unspecified atom stereocenters. The van der Waals surface area contributed by atoms with Gasteiger partial charge in [-0.3, -0.25) is 4.90 Å². The van der Waals surface area contributed by atoms with E-state index in [1.54, 1.807) is 12.1 Å². The van der Waals surface area contributed by atoms with Crippen molar-refractivity contribution in [2.75, 3.05) is 38.5 Å². The van der Waals surface area contributed by atoms with Crippen molar-refractivity contribution >= 4 is 22.8 Å². The van der Waals surface area contributed by atoms with Gasteiger partial charge in [-0.05, 0) is 63.4 Å². The van der Waals surface area contributed by atoms with E-state index in [9.17, 15) is 8.78 Å². The molecule has 3 aromatic heterocycles. The minimum absolute atomic E-state index is 0.0843. The number of benzene rings is 1. The molecule has 2 atom stereocenters. The topological polar surface area (TPSA) is 75.0 Å². The van der Waals surface area contributed by atoms with Crippen LogP contribution in [0.25, 0.3) is 22.2 Å². The van der Waals surface area contributed by atoms with Gasteiger partial charge in [0.15, 0.2) is 5.82 Å². The Morgan fingerprint density at radius 3 is 2.34 bits per heavy atom. The van der Waals surface area contributed by atoms with Gasteiger partial charge in [-0.25, -0.2) is 28.7 Å². The number of likely N-dealkylation sites (tertiary alicyclic amines) is 2. The molecule has 2 fully saturated rings. The zero-order valence-electron chi connectivity index (χ0n) is 22.1. The summed E-state index contributed by atoms with van der Waals surface area (Å²) in [5.41, 5.74) is 2.62. The molecule has 0 saturated carbocycles. The zero-order valence-corrected chi connectivity index (χ0v) is 22.1. The van der Waals surface area contributed by atoms with E-state index in [1.165, 1.54) is 19.2 Å². The Labute approximate surface area is 220 Å². The molecule has 38 heavy (non-hydrogen) atoms. The average Bonchev–Trinajstić information content (AvgIpc) is 3.51. The minimum atomic E-state index is -0.542. The van der Waals surface area contributed by atoms with Gasteiger partial charge in [0, 0.05) is 62.3 Å².